The molecule has 0 bridgehead atoms. The fraction of sp³-hybridized carbons (Fsp3) is 0.800. The van der Waals surface area contributed by atoms with Crippen LogP contribution in [0.4, 0.5) is 0 Å². The summed E-state index contributed by atoms with van der Waals surface area (Å²) in [6, 6.07) is -0.683. The van der Waals surface area contributed by atoms with Crippen molar-refractivity contribution in [3.63, 3.8) is 0 Å². The minimum atomic E-state index is -0.913. The first-order valence-electron chi connectivity index (χ1n) is 2.65. The maximum atomic E-state index is 10.1. The number of nitrogens with two attached hydrogens (primary N) is 1. The monoisotopic (exact) mass is 183 g/mol. The second kappa shape index (κ2) is 9.70. The zero-order valence-electron chi connectivity index (χ0n) is 6.75. The van der Waals surface area contributed by atoms with Crippen LogP contribution in [-0.2, 0) is 4.79 Å². The van der Waals surface area contributed by atoms with Crippen molar-refractivity contribution in [1.82, 2.24) is 12.3 Å². The Morgan fingerprint density at radius 3 is 2.36 bits per heavy atom. The summed E-state index contributed by atoms with van der Waals surface area (Å²) in [6.45, 7) is 0. The Labute approximate surface area is 70.9 Å². The third kappa shape index (κ3) is 9.70. The molecule has 0 aromatic carbocycles. The Hall–Kier alpha value is -0.300. The second-order valence-electron chi connectivity index (χ2n) is 1.73. The van der Waals surface area contributed by atoms with Gasteiger partial charge in [0.1, 0.15) is 6.04 Å². The quantitative estimate of drug-likeness (QED) is 0.500. The molecule has 0 aromatic rings. The van der Waals surface area contributed by atoms with Crippen LogP contribution < -0.4 is 18.0 Å². The number of carboxylic acid groups (broad SMARTS) is 1. The molecule has 1 atom stereocenters. The molecule has 0 saturated carbocycles. The second-order valence-corrected chi connectivity index (χ2v) is 2.71. The van der Waals surface area contributed by atoms with Crippen molar-refractivity contribution in [2.24, 2.45) is 5.73 Å². The minimum Gasteiger partial charge on any atom is -0.480 e. The molecule has 0 radical (unpaired) electrons. The van der Waals surface area contributed by atoms with E-state index in [9.17, 15) is 4.79 Å². The van der Waals surface area contributed by atoms with Gasteiger partial charge >= 0.3 is 5.97 Å². The van der Waals surface area contributed by atoms with E-state index >= 15 is 0 Å². The highest BCUT2D eigenvalue weighted by atomic mass is 32.2. The van der Waals surface area contributed by atoms with E-state index in [0.717, 1.165) is 5.75 Å². The SMILES string of the molecule is CSCCC(N)C(=O)O.N.N. The summed E-state index contributed by atoms with van der Waals surface area (Å²) in [4.78, 5) is 10.1. The number of carboxylic acids is 1. The Bertz CT molecular complexity index is 102. The summed E-state index contributed by atoms with van der Waals surface area (Å²) < 4.78 is 0. The van der Waals surface area contributed by atoms with Crippen molar-refractivity contribution in [3.05, 3.63) is 0 Å². The highest BCUT2D eigenvalue weighted by Gasteiger charge is 2.08. The molecule has 0 saturated heterocycles. The van der Waals surface area contributed by atoms with E-state index < -0.39 is 12.0 Å². The molecule has 9 N–H and O–H groups in total. The Kier molecular flexibility index (Phi) is 15.0. The van der Waals surface area contributed by atoms with E-state index in [1.807, 2.05) is 6.26 Å². The molecular weight excluding hydrogens is 166 g/mol. The molecule has 6 heteroatoms. The lowest BCUT2D eigenvalue weighted by Gasteiger charge is -2.02. The van der Waals surface area contributed by atoms with Crippen molar-refractivity contribution < 1.29 is 9.90 Å². The maximum absolute atomic E-state index is 10.1. The van der Waals surface area contributed by atoms with Gasteiger partial charge in [0, 0.05) is 0 Å². The number of hydrogen-bond donors (Lipinski definition) is 4. The minimum absolute atomic E-state index is 0. The van der Waals surface area contributed by atoms with Crippen molar-refractivity contribution in [3.8, 4) is 0 Å². The van der Waals surface area contributed by atoms with Gasteiger partial charge in [-0.1, -0.05) is 0 Å². The smallest absolute Gasteiger partial charge is 0.320 e. The van der Waals surface area contributed by atoms with Gasteiger partial charge in [0.25, 0.3) is 0 Å². The average Bonchev–Trinajstić information content (AvgIpc) is 1.82. The van der Waals surface area contributed by atoms with Gasteiger partial charge in [-0.25, -0.2) is 0 Å². The van der Waals surface area contributed by atoms with Crippen molar-refractivity contribution >= 4 is 17.7 Å². The Balaban J connectivity index is -0.000000320. The summed E-state index contributed by atoms with van der Waals surface area (Å²) >= 11 is 1.60. The normalized spacial score (nSPS) is 10.7. The Morgan fingerprint density at radius 2 is 2.09 bits per heavy atom. The zero-order valence-corrected chi connectivity index (χ0v) is 7.56. The molecule has 70 valence electrons. The highest BCUT2D eigenvalue weighted by molar-refractivity contribution is 7.98. The van der Waals surface area contributed by atoms with E-state index in [0.29, 0.717) is 6.42 Å². The number of aliphatic carboxylic acids is 1. The van der Waals surface area contributed by atoms with E-state index in [4.69, 9.17) is 10.8 Å². The topological polar surface area (TPSA) is 133 Å². The van der Waals surface area contributed by atoms with Gasteiger partial charge in [-0.05, 0) is 18.4 Å². The molecule has 0 aliphatic rings. The van der Waals surface area contributed by atoms with Crippen LogP contribution in [0, 0.1) is 0 Å². The molecule has 0 rings (SSSR count). The first kappa shape index (κ1) is 17.0. The third-order valence-corrected chi connectivity index (χ3v) is 1.59. The van der Waals surface area contributed by atoms with Crippen LogP contribution in [0.1, 0.15) is 6.42 Å². The predicted octanol–water partition coefficient (Wildman–Crippen LogP) is 0.475. The van der Waals surface area contributed by atoms with E-state index in [1.54, 1.807) is 11.8 Å². The van der Waals surface area contributed by atoms with Crippen molar-refractivity contribution in [2.75, 3.05) is 12.0 Å². The molecule has 0 aliphatic carbocycles. The van der Waals surface area contributed by atoms with Crippen molar-refractivity contribution in [1.29, 1.82) is 0 Å². The van der Waals surface area contributed by atoms with Gasteiger partial charge in [0.2, 0.25) is 0 Å². The first-order chi connectivity index (χ1) is 4.18. The van der Waals surface area contributed by atoms with E-state index in [2.05, 4.69) is 0 Å². The number of rotatable bonds is 4. The summed E-state index contributed by atoms with van der Waals surface area (Å²) in [5.74, 6) is -0.1000. The lowest BCUT2D eigenvalue weighted by molar-refractivity contribution is -0.138. The van der Waals surface area contributed by atoms with Crippen LogP contribution in [0.5, 0.6) is 0 Å². The molecule has 0 heterocycles. The summed E-state index contributed by atoms with van der Waals surface area (Å²) in [5.41, 5.74) is 5.19. The highest BCUT2D eigenvalue weighted by Crippen LogP contribution is 1.97. The van der Waals surface area contributed by atoms with Crippen LogP contribution in [0.15, 0.2) is 0 Å². The number of thioether (sulfide) groups is 1. The standard InChI is InChI=1S/C5H11NO2S.2H3N/c1-9-3-2-4(6)5(7)8;;/h4H,2-3,6H2,1H3,(H,7,8);2*1H3. The van der Waals surface area contributed by atoms with Gasteiger partial charge in [-0.2, -0.15) is 11.8 Å². The summed E-state index contributed by atoms with van der Waals surface area (Å²) in [6.07, 6.45) is 2.48. The van der Waals surface area contributed by atoms with Gasteiger partial charge in [-0.3, -0.25) is 4.79 Å². The molecule has 0 aromatic heterocycles. The largest absolute Gasteiger partial charge is 0.480 e. The maximum Gasteiger partial charge on any atom is 0.320 e. The van der Waals surface area contributed by atoms with Gasteiger partial charge in [0.05, 0.1) is 0 Å². The molecule has 0 fully saturated rings. The fourth-order valence-electron chi connectivity index (χ4n) is 0.368. The predicted molar refractivity (Wildman–Crippen MR) is 48.7 cm³/mol. The van der Waals surface area contributed by atoms with Crippen molar-refractivity contribution in [2.45, 2.75) is 12.5 Å². The van der Waals surface area contributed by atoms with Crippen LogP contribution in [0.25, 0.3) is 0 Å². The Morgan fingerprint density at radius 1 is 1.64 bits per heavy atom. The number of hydrogen-bond acceptors (Lipinski definition) is 5. The lowest BCUT2D eigenvalue weighted by Crippen LogP contribution is -2.30. The van der Waals surface area contributed by atoms with E-state index in [-0.39, 0.29) is 12.3 Å². The third-order valence-electron chi connectivity index (χ3n) is 0.950. The molecule has 1 unspecified atom stereocenters. The molecule has 0 spiro atoms. The van der Waals surface area contributed by atoms with Crippen LogP contribution in [0.2, 0.25) is 0 Å². The zero-order chi connectivity index (χ0) is 7.28. The van der Waals surface area contributed by atoms with E-state index in [1.165, 1.54) is 0 Å². The van der Waals surface area contributed by atoms with Crippen LogP contribution in [0.3, 0.4) is 0 Å². The fourth-order valence-corrected chi connectivity index (χ4v) is 0.858. The molecule has 11 heavy (non-hydrogen) atoms. The summed E-state index contributed by atoms with van der Waals surface area (Å²) in [7, 11) is 0. The average molecular weight is 183 g/mol. The summed E-state index contributed by atoms with van der Waals surface area (Å²) in [5, 5.41) is 8.27. The molecule has 0 aliphatic heterocycles. The van der Waals surface area contributed by atoms with Gasteiger partial charge in [-0.15, -0.1) is 0 Å². The molecule has 0 amide bonds. The number of carbonyl (C=O) groups is 1. The van der Waals surface area contributed by atoms with Gasteiger partial charge in [0.15, 0.2) is 0 Å². The van der Waals surface area contributed by atoms with Gasteiger partial charge < -0.3 is 23.1 Å². The first-order valence-corrected chi connectivity index (χ1v) is 4.05. The van der Waals surface area contributed by atoms with Crippen LogP contribution in [-0.4, -0.2) is 29.1 Å². The lowest BCUT2D eigenvalue weighted by atomic mass is 10.2. The molecule has 5 nitrogen and oxygen atoms in total. The van der Waals surface area contributed by atoms with Crippen LogP contribution >= 0.6 is 11.8 Å². The molecular formula is C5H17N3O2S.